The normalized spacial score (nSPS) is 13.8. The van der Waals surface area contributed by atoms with Crippen molar-refractivity contribution in [1.82, 2.24) is 5.32 Å². The zero-order chi connectivity index (χ0) is 16.4. The molecule has 1 aliphatic rings. The Kier molecular flexibility index (Phi) is 4.02. The van der Waals surface area contributed by atoms with Crippen LogP contribution in [0.5, 0.6) is 0 Å². The van der Waals surface area contributed by atoms with E-state index in [1.54, 1.807) is 0 Å². The second kappa shape index (κ2) is 6.12. The number of hydrogen-bond donors (Lipinski definition) is 2. The highest BCUT2D eigenvalue weighted by atomic mass is 16.5. The van der Waals surface area contributed by atoms with E-state index in [0.717, 1.165) is 11.1 Å². The van der Waals surface area contributed by atoms with Crippen LogP contribution in [0.1, 0.15) is 24.0 Å². The molecule has 0 spiro atoms. The van der Waals surface area contributed by atoms with Crippen LogP contribution in [0.15, 0.2) is 48.5 Å². The molecule has 5 heteroatoms. The van der Waals surface area contributed by atoms with Crippen molar-refractivity contribution in [2.24, 2.45) is 5.73 Å². The topological polar surface area (TPSA) is 81.4 Å². The van der Waals surface area contributed by atoms with Gasteiger partial charge in [-0.15, -0.1) is 0 Å². The van der Waals surface area contributed by atoms with Gasteiger partial charge in [-0.2, -0.15) is 0 Å². The first kappa shape index (κ1) is 15.1. The van der Waals surface area contributed by atoms with Gasteiger partial charge in [0.25, 0.3) is 0 Å². The number of amides is 2. The number of benzene rings is 2. The molecule has 0 heterocycles. The van der Waals surface area contributed by atoms with Gasteiger partial charge >= 0.3 is 6.09 Å². The van der Waals surface area contributed by atoms with Crippen molar-refractivity contribution >= 4 is 12.0 Å². The van der Waals surface area contributed by atoms with E-state index in [4.69, 9.17) is 10.5 Å². The zero-order valence-corrected chi connectivity index (χ0v) is 12.8. The Bertz CT molecular complexity index is 712. The third kappa shape index (κ3) is 2.90. The molecule has 3 rings (SSSR count). The van der Waals surface area contributed by atoms with E-state index in [-0.39, 0.29) is 12.5 Å². The summed E-state index contributed by atoms with van der Waals surface area (Å²) in [6, 6.07) is 15.4. The number of rotatable bonds is 4. The highest BCUT2D eigenvalue weighted by Gasteiger charge is 2.29. The van der Waals surface area contributed by atoms with Gasteiger partial charge in [0.05, 0.1) is 0 Å². The van der Waals surface area contributed by atoms with Crippen molar-refractivity contribution in [2.75, 3.05) is 6.61 Å². The minimum Gasteiger partial charge on any atom is -0.449 e. The van der Waals surface area contributed by atoms with Gasteiger partial charge in [0.1, 0.15) is 12.6 Å². The Labute approximate surface area is 134 Å². The van der Waals surface area contributed by atoms with Gasteiger partial charge in [0.2, 0.25) is 5.91 Å². The highest BCUT2D eigenvalue weighted by molar-refractivity contribution is 5.84. The van der Waals surface area contributed by atoms with Gasteiger partial charge in [-0.1, -0.05) is 48.5 Å². The van der Waals surface area contributed by atoms with Crippen molar-refractivity contribution in [3.63, 3.8) is 0 Å². The molecule has 2 amide bonds. The van der Waals surface area contributed by atoms with E-state index in [1.807, 2.05) is 36.4 Å². The quantitative estimate of drug-likeness (QED) is 0.910. The molecule has 0 unspecified atom stereocenters. The second-order valence-electron chi connectivity index (χ2n) is 5.59. The number of nitrogens with two attached hydrogens (primary N) is 1. The Balaban J connectivity index is 1.76. The number of fused-ring (bicyclic) bond motifs is 3. The summed E-state index contributed by atoms with van der Waals surface area (Å²) >= 11 is 0. The molecule has 118 valence electrons. The number of hydrogen-bond acceptors (Lipinski definition) is 3. The van der Waals surface area contributed by atoms with Crippen LogP contribution in [0, 0.1) is 0 Å². The number of primary amides is 1. The van der Waals surface area contributed by atoms with Gasteiger partial charge in [0, 0.05) is 5.92 Å². The van der Waals surface area contributed by atoms with E-state index < -0.39 is 18.0 Å². The second-order valence-corrected chi connectivity index (χ2v) is 5.59. The lowest BCUT2D eigenvalue weighted by Crippen LogP contribution is -2.42. The fourth-order valence-corrected chi connectivity index (χ4v) is 2.89. The molecule has 0 aromatic heterocycles. The molecular formula is C18H18N2O3. The average Bonchev–Trinajstić information content (AvgIpc) is 2.87. The van der Waals surface area contributed by atoms with E-state index in [0.29, 0.717) is 0 Å². The third-order valence-corrected chi connectivity index (χ3v) is 4.10. The molecule has 0 aliphatic heterocycles. The molecule has 0 saturated carbocycles. The number of carbonyl (C=O) groups excluding carboxylic acids is 2. The van der Waals surface area contributed by atoms with Crippen molar-refractivity contribution in [3.8, 4) is 11.1 Å². The average molecular weight is 310 g/mol. The fourth-order valence-electron chi connectivity index (χ4n) is 2.89. The van der Waals surface area contributed by atoms with Gasteiger partial charge in [-0.3, -0.25) is 4.79 Å². The lowest BCUT2D eigenvalue weighted by molar-refractivity contribution is -0.119. The number of carbonyl (C=O) groups is 2. The first-order valence-corrected chi connectivity index (χ1v) is 7.48. The van der Waals surface area contributed by atoms with Crippen LogP contribution < -0.4 is 11.1 Å². The standard InChI is InChI=1S/C18H18N2O3/c1-11(17(19)21)20-18(22)23-10-16-14-8-4-2-6-12(14)13-7-3-5-9-15(13)16/h2-9,11,16H,10H2,1H3,(H2,19,21)(H,20,22)/t11-/m0/s1. The molecule has 1 atom stereocenters. The van der Waals surface area contributed by atoms with Crippen LogP contribution in [0.25, 0.3) is 11.1 Å². The van der Waals surface area contributed by atoms with Crippen LogP contribution in [0.3, 0.4) is 0 Å². The van der Waals surface area contributed by atoms with E-state index in [1.165, 1.54) is 18.1 Å². The van der Waals surface area contributed by atoms with E-state index in [2.05, 4.69) is 17.4 Å². The van der Waals surface area contributed by atoms with Crippen LogP contribution in [0.4, 0.5) is 4.79 Å². The first-order chi connectivity index (χ1) is 11.1. The van der Waals surface area contributed by atoms with Crippen LogP contribution in [0.2, 0.25) is 0 Å². The largest absolute Gasteiger partial charge is 0.449 e. The van der Waals surface area contributed by atoms with Crippen molar-refractivity contribution in [1.29, 1.82) is 0 Å². The maximum Gasteiger partial charge on any atom is 0.407 e. The monoisotopic (exact) mass is 310 g/mol. The molecule has 0 fully saturated rings. The summed E-state index contributed by atoms with van der Waals surface area (Å²) < 4.78 is 5.30. The molecule has 3 N–H and O–H groups in total. The molecule has 2 aromatic rings. The number of nitrogens with one attached hydrogen (secondary N) is 1. The van der Waals surface area contributed by atoms with Crippen molar-refractivity contribution in [3.05, 3.63) is 59.7 Å². The number of ether oxygens (including phenoxy) is 1. The smallest absolute Gasteiger partial charge is 0.407 e. The minimum absolute atomic E-state index is 0.00275. The Morgan fingerprint density at radius 3 is 2.13 bits per heavy atom. The summed E-state index contributed by atoms with van der Waals surface area (Å²) in [6.45, 7) is 1.73. The molecule has 5 nitrogen and oxygen atoms in total. The van der Waals surface area contributed by atoms with Crippen LogP contribution >= 0.6 is 0 Å². The Morgan fingerprint density at radius 1 is 1.09 bits per heavy atom. The maximum absolute atomic E-state index is 11.8. The summed E-state index contributed by atoms with van der Waals surface area (Å²) in [5.74, 6) is -0.601. The molecular weight excluding hydrogens is 292 g/mol. The van der Waals surface area contributed by atoms with Crippen molar-refractivity contribution < 1.29 is 14.3 Å². The van der Waals surface area contributed by atoms with Crippen LogP contribution in [-0.2, 0) is 9.53 Å². The minimum atomic E-state index is -0.759. The van der Waals surface area contributed by atoms with E-state index in [9.17, 15) is 9.59 Å². The zero-order valence-electron chi connectivity index (χ0n) is 12.8. The SMILES string of the molecule is C[C@H](NC(=O)OCC1c2ccccc2-c2ccccc21)C(N)=O. The first-order valence-electron chi connectivity index (χ1n) is 7.48. The summed E-state index contributed by atoms with van der Waals surface area (Å²) in [5, 5.41) is 2.42. The van der Waals surface area contributed by atoms with Crippen LogP contribution in [-0.4, -0.2) is 24.6 Å². The lowest BCUT2D eigenvalue weighted by atomic mass is 9.98. The molecule has 0 bridgehead atoms. The summed E-state index contributed by atoms with van der Waals surface area (Å²) in [4.78, 5) is 22.8. The fraction of sp³-hybridized carbons (Fsp3) is 0.222. The highest BCUT2D eigenvalue weighted by Crippen LogP contribution is 2.44. The third-order valence-electron chi connectivity index (χ3n) is 4.10. The van der Waals surface area contributed by atoms with Gasteiger partial charge in [-0.05, 0) is 29.2 Å². The summed E-state index contributed by atoms with van der Waals surface area (Å²) in [7, 11) is 0. The van der Waals surface area contributed by atoms with Gasteiger partial charge in [0.15, 0.2) is 0 Å². The van der Waals surface area contributed by atoms with E-state index >= 15 is 0 Å². The maximum atomic E-state index is 11.8. The number of alkyl carbamates (subject to hydrolysis) is 1. The summed E-state index contributed by atoms with van der Waals surface area (Å²) in [6.07, 6.45) is -0.641. The van der Waals surface area contributed by atoms with Gasteiger partial charge in [-0.25, -0.2) is 4.79 Å². The molecule has 1 aliphatic carbocycles. The molecule has 23 heavy (non-hydrogen) atoms. The summed E-state index contributed by atoms with van der Waals surface area (Å²) in [5.41, 5.74) is 9.74. The predicted octanol–water partition coefficient (Wildman–Crippen LogP) is 2.40. The Hall–Kier alpha value is -2.82. The Morgan fingerprint density at radius 2 is 1.61 bits per heavy atom. The van der Waals surface area contributed by atoms with Gasteiger partial charge < -0.3 is 15.8 Å². The molecule has 0 radical (unpaired) electrons. The van der Waals surface area contributed by atoms with Crippen molar-refractivity contribution in [2.45, 2.75) is 18.9 Å². The molecule has 2 aromatic carbocycles. The molecule has 0 saturated heterocycles. The predicted molar refractivity (Wildman–Crippen MR) is 86.9 cm³/mol. The lowest BCUT2D eigenvalue weighted by Gasteiger charge is -2.15.